The van der Waals surface area contributed by atoms with Crippen molar-refractivity contribution in [1.29, 1.82) is 0 Å². The monoisotopic (exact) mass is 344 g/mol. The second kappa shape index (κ2) is 7.88. The van der Waals surface area contributed by atoms with Gasteiger partial charge in [0.1, 0.15) is 11.8 Å². The normalized spacial score (nSPS) is 22.2. The molecule has 7 heteroatoms. The van der Waals surface area contributed by atoms with Gasteiger partial charge in [0.05, 0.1) is 13.0 Å². The largest absolute Gasteiger partial charge is 0.494 e. The Morgan fingerprint density at radius 3 is 2.50 bits per heavy atom. The van der Waals surface area contributed by atoms with Crippen molar-refractivity contribution in [2.75, 3.05) is 20.2 Å². The molecule has 134 valence electrons. The standard InChI is InChI=1S/C17H23F3N2O2/c1-3-24-14-7-4-12(5-8-14)10-16(23)21-13-6-9-15(17(18,19)20)22(2)11-13/h4-5,7-8,13,15H,3,6,9-11H2,1-2H3,(H,21,23). The third-order valence-electron chi connectivity index (χ3n) is 4.17. The van der Waals surface area contributed by atoms with Gasteiger partial charge in [0.15, 0.2) is 0 Å². The molecule has 24 heavy (non-hydrogen) atoms. The number of carbonyl (C=O) groups is 1. The van der Waals surface area contributed by atoms with E-state index in [0.29, 0.717) is 13.0 Å². The molecule has 2 unspecified atom stereocenters. The summed E-state index contributed by atoms with van der Waals surface area (Å²) in [5, 5.41) is 2.83. The molecule has 0 radical (unpaired) electrons. The molecule has 1 fully saturated rings. The van der Waals surface area contributed by atoms with Crippen molar-refractivity contribution in [3.63, 3.8) is 0 Å². The van der Waals surface area contributed by atoms with Crippen LogP contribution in [0, 0.1) is 0 Å². The van der Waals surface area contributed by atoms with Gasteiger partial charge >= 0.3 is 6.18 Å². The summed E-state index contributed by atoms with van der Waals surface area (Å²) in [5.74, 6) is 0.566. The smallest absolute Gasteiger partial charge is 0.404 e. The van der Waals surface area contributed by atoms with E-state index in [1.54, 1.807) is 12.1 Å². The van der Waals surface area contributed by atoms with Crippen LogP contribution in [0.3, 0.4) is 0 Å². The Balaban J connectivity index is 1.83. The summed E-state index contributed by atoms with van der Waals surface area (Å²) >= 11 is 0. The van der Waals surface area contributed by atoms with Crippen molar-refractivity contribution < 1.29 is 22.7 Å². The van der Waals surface area contributed by atoms with Crippen molar-refractivity contribution in [3.05, 3.63) is 29.8 Å². The van der Waals surface area contributed by atoms with Crippen LogP contribution in [0.2, 0.25) is 0 Å². The molecule has 0 spiro atoms. The Morgan fingerprint density at radius 2 is 1.96 bits per heavy atom. The minimum atomic E-state index is -4.22. The summed E-state index contributed by atoms with van der Waals surface area (Å²) in [6.07, 6.45) is -3.67. The fraction of sp³-hybridized carbons (Fsp3) is 0.588. The topological polar surface area (TPSA) is 41.6 Å². The molecule has 1 aromatic carbocycles. The van der Waals surface area contributed by atoms with E-state index in [1.165, 1.54) is 11.9 Å². The Kier molecular flexibility index (Phi) is 6.10. The van der Waals surface area contributed by atoms with E-state index in [2.05, 4.69) is 5.32 Å². The van der Waals surface area contributed by atoms with Crippen molar-refractivity contribution in [3.8, 4) is 5.75 Å². The average Bonchev–Trinajstić information content (AvgIpc) is 2.48. The number of nitrogens with zero attached hydrogens (tertiary/aromatic N) is 1. The van der Waals surface area contributed by atoms with Gasteiger partial charge in [-0.1, -0.05) is 12.1 Å². The van der Waals surface area contributed by atoms with Gasteiger partial charge < -0.3 is 10.1 Å². The molecule has 0 aliphatic carbocycles. The van der Waals surface area contributed by atoms with Gasteiger partial charge in [-0.25, -0.2) is 0 Å². The number of piperidine rings is 1. The maximum Gasteiger partial charge on any atom is 0.404 e. The first kappa shape index (κ1) is 18.6. The Morgan fingerprint density at radius 1 is 1.29 bits per heavy atom. The first-order valence-electron chi connectivity index (χ1n) is 8.07. The highest BCUT2D eigenvalue weighted by molar-refractivity contribution is 5.78. The van der Waals surface area contributed by atoms with Crippen molar-refractivity contribution in [2.45, 2.75) is 44.4 Å². The van der Waals surface area contributed by atoms with Crippen LogP contribution in [0.1, 0.15) is 25.3 Å². The quantitative estimate of drug-likeness (QED) is 0.893. The molecule has 1 heterocycles. The lowest BCUT2D eigenvalue weighted by atomic mass is 9.98. The zero-order chi connectivity index (χ0) is 17.7. The number of hydrogen-bond acceptors (Lipinski definition) is 3. The molecule has 4 nitrogen and oxygen atoms in total. The SMILES string of the molecule is CCOc1ccc(CC(=O)NC2CCC(C(F)(F)F)N(C)C2)cc1. The predicted octanol–water partition coefficient (Wildman–Crippen LogP) is 2.77. The number of ether oxygens (including phenoxy) is 1. The summed E-state index contributed by atoms with van der Waals surface area (Å²) in [4.78, 5) is 13.4. The second-order valence-corrected chi connectivity index (χ2v) is 6.09. The lowest BCUT2D eigenvalue weighted by Crippen LogP contribution is -2.54. The average molecular weight is 344 g/mol. The molecule has 1 aliphatic heterocycles. The van der Waals surface area contributed by atoms with Crippen molar-refractivity contribution >= 4 is 5.91 Å². The molecule has 1 amide bonds. The van der Waals surface area contributed by atoms with E-state index >= 15 is 0 Å². The van der Waals surface area contributed by atoms with Crippen LogP contribution in [0.5, 0.6) is 5.75 Å². The molecule has 1 aliphatic rings. The number of rotatable bonds is 5. The van der Waals surface area contributed by atoms with Crippen molar-refractivity contribution in [2.24, 2.45) is 0 Å². The molecule has 0 aromatic heterocycles. The molecular formula is C17H23F3N2O2. The zero-order valence-electron chi connectivity index (χ0n) is 13.9. The van der Waals surface area contributed by atoms with E-state index in [0.717, 1.165) is 11.3 Å². The number of alkyl halides is 3. The molecule has 1 aromatic rings. The fourth-order valence-electron chi connectivity index (χ4n) is 3.01. The zero-order valence-corrected chi connectivity index (χ0v) is 13.9. The van der Waals surface area contributed by atoms with Crippen LogP contribution in [-0.4, -0.2) is 49.3 Å². The van der Waals surface area contributed by atoms with E-state index in [1.807, 2.05) is 19.1 Å². The molecule has 1 N–H and O–H groups in total. The van der Waals surface area contributed by atoms with Gasteiger partial charge in [-0.15, -0.1) is 0 Å². The molecule has 1 saturated heterocycles. The summed E-state index contributed by atoms with van der Waals surface area (Å²) in [5.41, 5.74) is 0.841. The number of likely N-dealkylation sites (N-methyl/N-ethyl adjacent to an activating group) is 1. The molecule has 0 bridgehead atoms. The van der Waals surface area contributed by atoms with E-state index in [-0.39, 0.29) is 31.3 Å². The lowest BCUT2D eigenvalue weighted by Gasteiger charge is -2.38. The van der Waals surface area contributed by atoms with Crippen LogP contribution < -0.4 is 10.1 Å². The number of likely N-dealkylation sites (tertiary alicyclic amines) is 1. The first-order chi connectivity index (χ1) is 11.3. The van der Waals surface area contributed by atoms with Crippen LogP contribution >= 0.6 is 0 Å². The number of hydrogen-bond donors (Lipinski definition) is 1. The maximum atomic E-state index is 12.8. The minimum Gasteiger partial charge on any atom is -0.494 e. The van der Waals surface area contributed by atoms with Crippen LogP contribution in [-0.2, 0) is 11.2 Å². The predicted molar refractivity (Wildman–Crippen MR) is 85.0 cm³/mol. The van der Waals surface area contributed by atoms with E-state index in [9.17, 15) is 18.0 Å². The van der Waals surface area contributed by atoms with Crippen LogP contribution in [0.15, 0.2) is 24.3 Å². The highest BCUT2D eigenvalue weighted by atomic mass is 19.4. The van der Waals surface area contributed by atoms with Gasteiger partial charge in [-0.2, -0.15) is 13.2 Å². The van der Waals surface area contributed by atoms with Gasteiger partial charge in [0, 0.05) is 12.6 Å². The van der Waals surface area contributed by atoms with Gasteiger partial charge in [0.2, 0.25) is 5.91 Å². The summed E-state index contributed by atoms with van der Waals surface area (Å²) in [6.45, 7) is 2.68. The summed E-state index contributed by atoms with van der Waals surface area (Å²) < 4.78 is 43.8. The minimum absolute atomic E-state index is 0.00794. The summed E-state index contributed by atoms with van der Waals surface area (Å²) in [6, 6.07) is 5.57. The van der Waals surface area contributed by atoms with E-state index in [4.69, 9.17) is 4.74 Å². The van der Waals surface area contributed by atoms with E-state index < -0.39 is 12.2 Å². The van der Waals surface area contributed by atoms with Crippen LogP contribution in [0.25, 0.3) is 0 Å². The van der Waals surface area contributed by atoms with Gasteiger partial charge in [-0.05, 0) is 44.5 Å². The number of amides is 1. The van der Waals surface area contributed by atoms with Gasteiger partial charge in [0.25, 0.3) is 0 Å². The third-order valence-corrected chi connectivity index (χ3v) is 4.17. The third kappa shape index (κ3) is 5.12. The highest BCUT2D eigenvalue weighted by Gasteiger charge is 2.44. The maximum absolute atomic E-state index is 12.8. The molecule has 2 rings (SSSR count). The Labute approximate surface area is 140 Å². The Hall–Kier alpha value is -1.76. The second-order valence-electron chi connectivity index (χ2n) is 6.09. The van der Waals surface area contributed by atoms with Crippen LogP contribution in [0.4, 0.5) is 13.2 Å². The lowest BCUT2D eigenvalue weighted by molar-refractivity contribution is -0.188. The number of carbonyl (C=O) groups excluding carboxylic acids is 1. The molecular weight excluding hydrogens is 321 g/mol. The molecule has 2 atom stereocenters. The fourth-order valence-corrected chi connectivity index (χ4v) is 3.01. The van der Waals surface area contributed by atoms with Crippen molar-refractivity contribution in [1.82, 2.24) is 10.2 Å². The first-order valence-corrected chi connectivity index (χ1v) is 8.07. The molecule has 0 saturated carbocycles. The number of halogens is 3. The number of nitrogens with one attached hydrogen (secondary N) is 1. The Bertz CT molecular complexity index is 546. The van der Waals surface area contributed by atoms with Gasteiger partial charge in [-0.3, -0.25) is 9.69 Å². The number of benzene rings is 1. The summed E-state index contributed by atoms with van der Waals surface area (Å²) in [7, 11) is 1.45. The highest BCUT2D eigenvalue weighted by Crippen LogP contribution is 2.30.